The van der Waals surface area contributed by atoms with Gasteiger partial charge in [0.2, 0.25) is 5.95 Å². The Bertz CT molecular complexity index is 2460. The largest absolute Gasteiger partial charge is 0.278 e. The van der Waals surface area contributed by atoms with Gasteiger partial charge in [0.05, 0.1) is 22.2 Å². The van der Waals surface area contributed by atoms with Crippen molar-refractivity contribution < 1.29 is 0 Å². The number of nitrogens with zero attached hydrogens (tertiary/aromatic N) is 3. The predicted octanol–water partition coefficient (Wildman–Crippen LogP) is 11.1. The third-order valence-corrected chi connectivity index (χ3v) is 9.98. The van der Waals surface area contributed by atoms with Gasteiger partial charge in [-0.2, -0.15) is 0 Å². The lowest BCUT2D eigenvalue weighted by Gasteiger charge is -2.21. The molecule has 0 radical (unpaired) electrons. The van der Waals surface area contributed by atoms with Crippen molar-refractivity contribution in [2.24, 2.45) is 0 Å². The van der Waals surface area contributed by atoms with Crippen molar-refractivity contribution in [1.82, 2.24) is 14.5 Å². The SMILES string of the molecule is CC1(C)c2ccccc2-c2cc3c(cc21)c1cc(Br)ccc1n3-c1nc(-c2ccc(-c3ccccc3)cc2)c2ccccc2n1. The van der Waals surface area contributed by atoms with Crippen LogP contribution in [0.5, 0.6) is 0 Å². The maximum atomic E-state index is 5.35. The lowest BCUT2D eigenvalue weighted by atomic mass is 9.82. The maximum Gasteiger partial charge on any atom is 0.235 e. The Morgan fingerprint density at radius 3 is 2.07 bits per heavy atom. The molecule has 45 heavy (non-hydrogen) atoms. The first kappa shape index (κ1) is 26.4. The zero-order chi connectivity index (χ0) is 30.3. The van der Waals surface area contributed by atoms with Gasteiger partial charge in [0.1, 0.15) is 0 Å². The lowest BCUT2D eigenvalue weighted by molar-refractivity contribution is 0.661. The fourth-order valence-electron chi connectivity index (χ4n) is 7.24. The van der Waals surface area contributed by atoms with Crippen molar-refractivity contribution in [1.29, 1.82) is 0 Å². The molecule has 8 aromatic rings. The molecule has 0 unspecified atom stereocenters. The summed E-state index contributed by atoms with van der Waals surface area (Å²) in [6.07, 6.45) is 0. The number of hydrogen-bond donors (Lipinski definition) is 0. The summed E-state index contributed by atoms with van der Waals surface area (Å²) < 4.78 is 3.30. The fourth-order valence-corrected chi connectivity index (χ4v) is 7.60. The van der Waals surface area contributed by atoms with Gasteiger partial charge >= 0.3 is 0 Å². The quantitative estimate of drug-likeness (QED) is 0.192. The molecule has 0 amide bonds. The van der Waals surface area contributed by atoms with E-state index in [0.29, 0.717) is 5.95 Å². The third-order valence-electron chi connectivity index (χ3n) is 9.49. The number of para-hydroxylation sites is 1. The van der Waals surface area contributed by atoms with Crippen LogP contribution < -0.4 is 0 Å². The number of rotatable bonds is 3. The van der Waals surface area contributed by atoms with Crippen LogP contribution >= 0.6 is 15.9 Å². The zero-order valence-electron chi connectivity index (χ0n) is 24.9. The van der Waals surface area contributed by atoms with E-state index in [1.807, 2.05) is 6.07 Å². The summed E-state index contributed by atoms with van der Waals surface area (Å²) in [7, 11) is 0. The van der Waals surface area contributed by atoms with Gasteiger partial charge in [-0.05, 0) is 69.8 Å². The summed E-state index contributed by atoms with van der Waals surface area (Å²) in [6, 6.07) is 47.6. The Morgan fingerprint density at radius 1 is 0.533 bits per heavy atom. The lowest BCUT2D eigenvalue weighted by Crippen LogP contribution is -2.14. The van der Waals surface area contributed by atoms with Gasteiger partial charge in [-0.3, -0.25) is 4.57 Å². The second-order valence-corrected chi connectivity index (χ2v) is 13.3. The molecule has 214 valence electrons. The highest BCUT2D eigenvalue weighted by atomic mass is 79.9. The standard InChI is InChI=1S/C41H28BrN3/c1-41(2)34-14-8-6-12-29(34)31-24-38-33(23-35(31)41)32-22-28(42)20-21-37(32)45(38)40-43-36-15-9-7-13-30(36)39(44-40)27-18-16-26(17-19-27)25-10-4-3-5-11-25/h3-24H,1-2H3. The summed E-state index contributed by atoms with van der Waals surface area (Å²) in [5.41, 5.74) is 12.7. The van der Waals surface area contributed by atoms with Gasteiger partial charge in [0.25, 0.3) is 0 Å². The Hall–Kier alpha value is -5.06. The smallest absolute Gasteiger partial charge is 0.235 e. The maximum absolute atomic E-state index is 5.35. The van der Waals surface area contributed by atoms with Crippen molar-refractivity contribution in [3.63, 3.8) is 0 Å². The minimum atomic E-state index is -0.0842. The monoisotopic (exact) mass is 641 g/mol. The van der Waals surface area contributed by atoms with E-state index in [1.54, 1.807) is 0 Å². The number of fused-ring (bicyclic) bond motifs is 7. The van der Waals surface area contributed by atoms with E-state index >= 15 is 0 Å². The Kier molecular flexibility index (Phi) is 5.69. The van der Waals surface area contributed by atoms with Crippen LogP contribution in [0.25, 0.3) is 72.2 Å². The molecule has 0 N–H and O–H groups in total. The van der Waals surface area contributed by atoms with E-state index < -0.39 is 0 Å². The number of aromatic nitrogens is 3. The Morgan fingerprint density at radius 2 is 1.22 bits per heavy atom. The van der Waals surface area contributed by atoms with Crippen molar-refractivity contribution in [3.05, 3.63) is 149 Å². The van der Waals surface area contributed by atoms with Gasteiger partial charge in [-0.15, -0.1) is 0 Å². The summed E-state index contributed by atoms with van der Waals surface area (Å²) >= 11 is 3.75. The first-order chi connectivity index (χ1) is 22.0. The molecule has 0 saturated carbocycles. The molecule has 9 rings (SSSR count). The van der Waals surface area contributed by atoms with Crippen LogP contribution in [0.15, 0.2) is 138 Å². The molecule has 0 aliphatic heterocycles. The molecule has 2 aromatic heterocycles. The molecule has 6 aromatic carbocycles. The van der Waals surface area contributed by atoms with E-state index in [-0.39, 0.29) is 5.41 Å². The summed E-state index contributed by atoms with van der Waals surface area (Å²) in [5, 5.41) is 3.42. The first-order valence-corrected chi connectivity index (χ1v) is 16.1. The Balaban J connectivity index is 1.32. The summed E-state index contributed by atoms with van der Waals surface area (Å²) in [4.78, 5) is 10.5. The van der Waals surface area contributed by atoms with Crippen LogP contribution in [0.1, 0.15) is 25.0 Å². The highest BCUT2D eigenvalue weighted by molar-refractivity contribution is 9.10. The van der Waals surface area contributed by atoms with Crippen molar-refractivity contribution >= 4 is 48.6 Å². The fraction of sp³-hybridized carbons (Fsp3) is 0.0732. The number of benzene rings is 6. The van der Waals surface area contributed by atoms with Crippen LogP contribution in [-0.2, 0) is 5.41 Å². The molecule has 4 heteroatoms. The molecule has 0 saturated heterocycles. The zero-order valence-corrected chi connectivity index (χ0v) is 26.5. The molecule has 0 bridgehead atoms. The molecule has 0 fully saturated rings. The third kappa shape index (κ3) is 3.95. The molecule has 0 spiro atoms. The summed E-state index contributed by atoms with van der Waals surface area (Å²) in [5.74, 6) is 0.670. The van der Waals surface area contributed by atoms with Crippen molar-refractivity contribution in [3.8, 4) is 39.5 Å². The molecule has 1 aliphatic rings. The van der Waals surface area contributed by atoms with Gasteiger partial charge < -0.3 is 0 Å². The molecule has 3 nitrogen and oxygen atoms in total. The van der Waals surface area contributed by atoms with Gasteiger partial charge in [0, 0.05) is 31.6 Å². The average molecular weight is 643 g/mol. The van der Waals surface area contributed by atoms with E-state index in [1.165, 1.54) is 44.2 Å². The second kappa shape index (κ2) is 9.72. The summed E-state index contributed by atoms with van der Waals surface area (Å²) in [6.45, 7) is 4.67. The minimum absolute atomic E-state index is 0.0842. The van der Waals surface area contributed by atoms with Crippen LogP contribution in [0.4, 0.5) is 0 Å². The highest BCUT2D eigenvalue weighted by Gasteiger charge is 2.36. The molecule has 2 heterocycles. The van der Waals surface area contributed by atoms with Crippen LogP contribution in [0.3, 0.4) is 0 Å². The van der Waals surface area contributed by atoms with E-state index in [0.717, 1.165) is 37.7 Å². The van der Waals surface area contributed by atoms with Crippen LogP contribution in [0, 0.1) is 0 Å². The van der Waals surface area contributed by atoms with E-state index in [2.05, 4.69) is 162 Å². The normalized spacial score (nSPS) is 13.4. The van der Waals surface area contributed by atoms with Crippen molar-refractivity contribution in [2.75, 3.05) is 0 Å². The number of hydrogen-bond acceptors (Lipinski definition) is 2. The first-order valence-electron chi connectivity index (χ1n) is 15.3. The molecule has 0 atom stereocenters. The molecular formula is C41H28BrN3. The minimum Gasteiger partial charge on any atom is -0.278 e. The highest BCUT2D eigenvalue weighted by Crippen LogP contribution is 2.51. The number of halogens is 1. The van der Waals surface area contributed by atoms with Gasteiger partial charge in [0.15, 0.2) is 0 Å². The Labute approximate surface area is 270 Å². The van der Waals surface area contributed by atoms with E-state index in [4.69, 9.17) is 9.97 Å². The molecule has 1 aliphatic carbocycles. The van der Waals surface area contributed by atoms with Gasteiger partial charge in [-0.1, -0.05) is 127 Å². The second-order valence-electron chi connectivity index (χ2n) is 12.4. The average Bonchev–Trinajstić information content (AvgIpc) is 3.51. The van der Waals surface area contributed by atoms with Gasteiger partial charge in [-0.25, -0.2) is 9.97 Å². The van der Waals surface area contributed by atoms with Crippen LogP contribution in [-0.4, -0.2) is 14.5 Å². The topological polar surface area (TPSA) is 30.7 Å². The van der Waals surface area contributed by atoms with Crippen LogP contribution in [0.2, 0.25) is 0 Å². The van der Waals surface area contributed by atoms with E-state index in [9.17, 15) is 0 Å². The van der Waals surface area contributed by atoms with Crippen molar-refractivity contribution in [2.45, 2.75) is 19.3 Å². The molecular weight excluding hydrogens is 614 g/mol. The predicted molar refractivity (Wildman–Crippen MR) is 190 cm³/mol.